The maximum Gasteiger partial charge on any atom is 0.179 e. The van der Waals surface area contributed by atoms with Gasteiger partial charge in [-0.05, 0) is 19.9 Å². The summed E-state index contributed by atoms with van der Waals surface area (Å²) in [6.45, 7) is 3.18. The minimum Gasteiger partial charge on any atom is -0.492 e. The minimum absolute atomic E-state index is 0.0369. The van der Waals surface area contributed by atoms with Gasteiger partial charge in [-0.2, -0.15) is 0 Å². The van der Waals surface area contributed by atoms with Crippen LogP contribution in [0.5, 0.6) is 11.5 Å². The third-order valence-corrected chi connectivity index (χ3v) is 3.66. The SMILES string of the molecule is COc1c(C(C)(C)O)ccc(S(C)(=O)=O)c1OC. The van der Waals surface area contributed by atoms with Crippen LogP contribution in [-0.4, -0.2) is 34.0 Å². The van der Waals surface area contributed by atoms with Crippen molar-refractivity contribution in [3.8, 4) is 11.5 Å². The van der Waals surface area contributed by atoms with Crippen LogP contribution in [-0.2, 0) is 15.4 Å². The van der Waals surface area contributed by atoms with E-state index >= 15 is 0 Å². The van der Waals surface area contributed by atoms with Crippen LogP contribution >= 0.6 is 0 Å². The van der Waals surface area contributed by atoms with Gasteiger partial charge in [0.25, 0.3) is 0 Å². The van der Waals surface area contributed by atoms with Crippen molar-refractivity contribution in [3.63, 3.8) is 0 Å². The summed E-state index contributed by atoms with van der Waals surface area (Å²) in [6, 6.07) is 2.93. The van der Waals surface area contributed by atoms with Crippen molar-refractivity contribution < 1.29 is 23.0 Å². The van der Waals surface area contributed by atoms with E-state index in [-0.39, 0.29) is 16.4 Å². The van der Waals surface area contributed by atoms with Gasteiger partial charge in [-0.3, -0.25) is 0 Å². The quantitative estimate of drug-likeness (QED) is 0.897. The summed E-state index contributed by atoms with van der Waals surface area (Å²) < 4.78 is 33.6. The molecule has 0 amide bonds. The zero-order valence-electron chi connectivity index (χ0n) is 11.1. The van der Waals surface area contributed by atoms with Crippen LogP contribution in [0.3, 0.4) is 0 Å². The second-order valence-corrected chi connectivity index (χ2v) is 6.49. The number of hydrogen-bond donors (Lipinski definition) is 1. The summed E-state index contributed by atoms with van der Waals surface area (Å²) in [5.41, 5.74) is -0.691. The molecule has 0 bridgehead atoms. The van der Waals surface area contributed by atoms with Crippen LogP contribution in [0.1, 0.15) is 19.4 Å². The van der Waals surface area contributed by atoms with E-state index < -0.39 is 15.4 Å². The second kappa shape index (κ2) is 4.78. The summed E-state index contributed by atoms with van der Waals surface area (Å²) in [7, 11) is -0.663. The Hall–Kier alpha value is -1.27. The number of methoxy groups -OCH3 is 2. The standard InChI is InChI=1S/C12H18O5S/c1-12(2,13)8-6-7-9(18(5,14)15)11(17-4)10(8)16-3/h6-7,13H,1-5H3. The molecule has 18 heavy (non-hydrogen) atoms. The first-order valence-corrected chi connectivity index (χ1v) is 7.20. The molecule has 0 fully saturated rings. The highest BCUT2D eigenvalue weighted by molar-refractivity contribution is 7.90. The minimum atomic E-state index is -3.43. The third kappa shape index (κ3) is 2.76. The Kier molecular flexibility index (Phi) is 3.92. The molecule has 1 N–H and O–H groups in total. The van der Waals surface area contributed by atoms with Crippen LogP contribution in [0.25, 0.3) is 0 Å². The van der Waals surface area contributed by atoms with E-state index in [0.717, 1.165) is 6.26 Å². The van der Waals surface area contributed by atoms with Gasteiger partial charge in [0.1, 0.15) is 4.90 Å². The topological polar surface area (TPSA) is 72.8 Å². The molecule has 0 aliphatic rings. The lowest BCUT2D eigenvalue weighted by Gasteiger charge is -2.23. The highest BCUT2D eigenvalue weighted by atomic mass is 32.2. The van der Waals surface area contributed by atoms with Gasteiger partial charge < -0.3 is 14.6 Å². The average molecular weight is 274 g/mol. The summed E-state index contributed by atoms with van der Waals surface area (Å²) in [5.74, 6) is 0.340. The van der Waals surface area contributed by atoms with Gasteiger partial charge in [0.05, 0.1) is 19.8 Å². The van der Waals surface area contributed by atoms with Crippen molar-refractivity contribution >= 4 is 9.84 Å². The summed E-state index contributed by atoms with van der Waals surface area (Å²) >= 11 is 0. The normalized spacial score (nSPS) is 12.3. The highest BCUT2D eigenvalue weighted by Crippen LogP contribution is 2.41. The van der Waals surface area contributed by atoms with E-state index in [9.17, 15) is 13.5 Å². The largest absolute Gasteiger partial charge is 0.492 e. The number of hydrogen-bond acceptors (Lipinski definition) is 5. The van der Waals surface area contributed by atoms with E-state index in [0.29, 0.717) is 5.56 Å². The van der Waals surface area contributed by atoms with Crippen LogP contribution in [0, 0.1) is 0 Å². The second-order valence-electron chi connectivity index (χ2n) is 4.51. The molecule has 0 saturated carbocycles. The molecule has 0 aliphatic heterocycles. The number of ether oxygens (including phenoxy) is 2. The average Bonchev–Trinajstić information content (AvgIpc) is 2.24. The molecule has 0 unspecified atom stereocenters. The van der Waals surface area contributed by atoms with E-state index in [1.54, 1.807) is 13.8 Å². The molecule has 6 heteroatoms. The Balaban J connectivity index is 3.68. The van der Waals surface area contributed by atoms with Gasteiger partial charge in [0, 0.05) is 11.8 Å². The van der Waals surface area contributed by atoms with Gasteiger partial charge in [0.2, 0.25) is 0 Å². The van der Waals surface area contributed by atoms with Gasteiger partial charge in [-0.25, -0.2) is 8.42 Å². The van der Waals surface area contributed by atoms with Gasteiger partial charge >= 0.3 is 0 Å². The molecule has 1 aromatic carbocycles. The Morgan fingerprint density at radius 2 is 1.61 bits per heavy atom. The van der Waals surface area contributed by atoms with Crippen LogP contribution in [0.15, 0.2) is 17.0 Å². The van der Waals surface area contributed by atoms with Gasteiger partial charge in [-0.1, -0.05) is 6.07 Å². The zero-order valence-corrected chi connectivity index (χ0v) is 12.0. The molecule has 0 radical (unpaired) electrons. The fourth-order valence-electron chi connectivity index (χ4n) is 1.71. The van der Waals surface area contributed by atoms with Crippen molar-refractivity contribution in [2.24, 2.45) is 0 Å². The molecule has 0 saturated heterocycles. The summed E-state index contributed by atoms with van der Waals surface area (Å²) in [6.07, 6.45) is 1.09. The van der Waals surface area contributed by atoms with E-state index in [2.05, 4.69) is 0 Å². The Bertz CT molecular complexity index is 540. The van der Waals surface area contributed by atoms with Crippen molar-refractivity contribution in [3.05, 3.63) is 17.7 Å². The van der Waals surface area contributed by atoms with Crippen molar-refractivity contribution in [2.45, 2.75) is 24.3 Å². The first-order chi connectivity index (χ1) is 8.12. The Morgan fingerprint density at radius 1 is 1.11 bits per heavy atom. The smallest absolute Gasteiger partial charge is 0.179 e. The molecule has 5 nitrogen and oxygen atoms in total. The molecular weight excluding hydrogens is 256 g/mol. The lowest BCUT2D eigenvalue weighted by atomic mass is 9.97. The molecule has 0 heterocycles. The molecule has 0 aliphatic carbocycles. The predicted octanol–water partition coefficient (Wildman–Crippen LogP) is 1.33. The summed E-state index contributed by atoms with van der Waals surface area (Å²) in [5, 5.41) is 10.0. The maximum atomic E-state index is 11.6. The molecule has 1 aromatic rings. The zero-order chi connectivity index (χ0) is 14.1. The molecular formula is C12H18O5S. The van der Waals surface area contributed by atoms with Gasteiger partial charge in [0.15, 0.2) is 21.3 Å². The van der Waals surface area contributed by atoms with E-state index in [1.165, 1.54) is 26.4 Å². The van der Waals surface area contributed by atoms with Crippen LogP contribution in [0.4, 0.5) is 0 Å². The van der Waals surface area contributed by atoms with E-state index in [4.69, 9.17) is 9.47 Å². The number of benzene rings is 1. The first-order valence-electron chi connectivity index (χ1n) is 5.30. The van der Waals surface area contributed by atoms with Crippen LogP contribution < -0.4 is 9.47 Å². The lowest BCUT2D eigenvalue weighted by Crippen LogP contribution is -2.18. The third-order valence-electron chi connectivity index (χ3n) is 2.54. The monoisotopic (exact) mass is 274 g/mol. The number of sulfone groups is 1. The Labute approximate surface area is 107 Å². The Morgan fingerprint density at radius 3 is 1.94 bits per heavy atom. The lowest BCUT2D eigenvalue weighted by molar-refractivity contribution is 0.0750. The van der Waals surface area contributed by atoms with Crippen molar-refractivity contribution in [1.82, 2.24) is 0 Å². The van der Waals surface area contributed by atoms with Crippen LogP contribution in [0.2, 0.25) is 0 Å². The maximum absolute atomic E-state index is 11.6. The molecule has 0 aromatic heterocycles. The predicted molar refractivity (Wildman–Crippen MR) is 67.9 cm³/mol. The number of rotatable bonds is 4. The fourth-order valence-corrected chi connectivity index (χ4v) is 2.54. The molecule has 102 valence electrons. The fraction of sp³-hybridized carbons (Fsp3) is 0.500. The highest BCUT2D eigenvalue weighted by Gasteiger charge is 2.28. The molecule has 1 rings (SSSR count). The molecule has 0 atom stereocenters. The van der Waals surface area contributed by atoms with Crippen molar-refractivity contribution in [2.75, 3.05) is 20.5 Å². The summed E-state index contributed by atoms with van der Waals surface area (Å²) in [4.78, 5) is 0.0369. The first kappa shape index (κ1) is 14.8. The molecule has 0 spiro atoms. The van der Waals surface area contributed by atoms with E-state index in [1.807, 2.05) is 0 Å². The van der Waals surface area contributed by atoms with Crippen molar-refractivity contribution in [1.29, 1.82) is 0 Å². The number of aliphatic hydroxyl groups is 1. The van der Waals surface area contributed by atoms with Gasteiger partial charge in [-0.15, -0.1) is 0 Å².